The van der Waals surface area contributed by atoms with Crippen molar-refractivity contribution in [1.29, 1.82) is 0 Å². The number of nitrogen functional groups attached to an aromatic ring is 1. The molecule has 104 valence electrons. The van der Waals surface area contributed by atoms with E-state index in [9.17, 15) is 4.79 Å². The van der Waals surface area contributed by atoms with Gasteiger partial charge in [0.05, 0.1) is 18.3 Å². The molecule has 0 unspecified atom stereocenters. The summed E-state index contributed by atoms with van der Waals surface area (Å²) in [4.78, 5) is 18.3. The number of aromatic nitrogens is 1. The Morgan fingerprint density at radius 2 is 2.21 bits per heavy atom. The topological polar surface area (TPSA) is 71.2 Å². The van der Waals surface area contributed by atoms with E-state index in [2.05, 4.69) is 22.2 Å². The number of carbonyl (C=O) groups is 1. The van der Waals surface area contributed by atoms with E-state index in [0.29, 0.717) is 18.0 Å². The lowest BCUT2D eigenvalue weighted by molar-refractivity contribution is -0.120. The molecule has 5 nitrogen and oxygen atoms in total. The summed E-state index contributed by atoms with van der Waals surface area (Å²) < 4.78 is 0. The first-order valence-corrected chi connectivity index (χ1v) is 6.79. The van der Waals surface area contributed by atoms with Crippen LogP contribution in [0.5, 0.6) is 0 Å². The fourth-order valence-corrected chi connectivity index (χ4v) is 2.29. The highest BCUT2D eigenvalue weighted by Crippen LogP contribution is 2.14. The van der Waals surface area contributed by atoms with Gasteiger partial charge in [0.1, 0.15) is 0 Å². The first-order valence-electron chi connectivity index (χ1n) is 6.79. The number of hydrogen-bond acceptors (Lipinski definition) is 4. The number of nitrogens with one attached hydrogen (secondary N) is 1. The number of piperidine rings is 1. The first-order chi connectivity index (χ1) is 9.13. The fourth-order valence-electron chi connectivity index (χ4n) is 2.29. The van der Waals surface area contributed by atoms with Crippen LogP contribution < -0.4 is 11.1 Å². The lowest BCUT2D eigenvalue weighted by Crippen LogP contribution is -2.37. The normalized spacial score (nSPS) is 17.3. The highest BCUT2D eigenvalue weighted by atomic mass is 16.1. The molecule has 1 aliphatic rings. The van der Waals surface area contributed by atoms with Crippen LogP contribution in [-0.2, 0) is 11.2 Å². The Morgan fingerprint density at radius 3 is 2.84 bits per heavy atom. The molecule has 1 amide bonds. The smallest absolute Gasteiger partial charge is 0.226 e. The van der Waals surface area contributed by atoms with Crippen molar-refractivity contribution in [2.45, 2.75) is 19.3 Å². The molecule has 1 saturated heterocycles. The molecule has 1 fully saturated rings. The molecule has 0 aliphatic carbocycles. The highest BCUT2D eigenvalue weighted by molar-refractivity contribution is 5.78. The van der Waals surface area contributed by atoms with Gasteiger partial charge in [-0.2, -0.15) is 0 Å². The van der Waals surface area contributed by atoms with Crippen LogP contribution in [0.25, 0.3) is 0 Å². The molecule has 0 aromatic carbocycles. The van der Waals surface area contributed by atoms with E-state index in [-0.39, 0.29) is 5.91 Å². The van der Waals surface area contributed by atoms with Crippen molar-refractivity contribution < 1.29 is 4.79 Å². The van der Waals surface area contributed by atoms with Crippen molar-refractivity contribution in [3.05, 3.63) is 24.0 Å². The van der Waals surface area contributed by atoms with Crippen LogP contribution in [0.4, 0.5) is 5.69 Å². The molecule has 0 spiro atoms. The number of carbonyl (C=O) groups excluding carboxylic acids is 1. The van der Waals surface area contributed by atoms with Crippen molar-refractivity contribution in [3.63, 3.8) is 0 Å². The molecule has 1 aromatic heterocycles. The standard InChI is InChI=1S/C14H22N4O/c1-18-6-4-11(5-7-18)9-17-14(19)8-13-3-2-12(15)10-16-13/h2-3,10-11H,4-9,15H2,1H3,(H,17,19). The Labute approximate surface area is 114 Å². The fraction of sp³-hybridized carbons (Fsp3) is 0.571. The molecule has 0 bridgehead atoms. The zero-order valence-corrected chi connectivity index (χ0v) is 11.4. The number of hydrogen-bond donors (Lipinski definition) is 2. The van der Waals surface area contributed by atoms with Gasteiger partial charge in [-0.25, -0.2) is 0 Å². The molecule has 2 heterocycles. The Kier molecular flexibility index (Phi) is 4.74. The third kappa shape index (κ3) is 4.52. The number of amides is 1. The van der Waals surface area contributed by atoms with Crippen LogP contribution in [0, 0.1) is 5.92 Å². The van der Waals surface area contributed by atoms with E-state index in [4.69, 9.17) is 5.73 Å². The minimum absolute atomic E-state index is 0.0381. The van der Waals surface area contributed by atoms with Crippen molar-refractivity contribution in [3.8, 4) is 0 Å². The molecule has 5 heteroatoms. The van der Waals surface area contributed by atoms with Gasteiger partial charge in [-0.15, -0.1) is 0 Å². The average molecular weight is 262 g/mol. The van der Waals surface area contributed by atoms with Crippen molar-refractivity contribution in [1.82, 2.24) is 15.2 Å². The van der Waals surface area contributed by atoms with Gasteiger partial charge in [-0.3, -0.25) is 9.78 Å². The summed E-state index contributed by atoms with van der Waals surface area (Å²) in [5.41, 5.74) is 6.94. The Hall–Kier alpha value is -1.62. The molecule has 2 rings (SSSR count). The summed E-state index contributed by atoms with van der Waals surface area (Å²) in [7, 11) is 2.14. The number of nitrogens with zero attached hydrogens (tertiary/aromatic N) is 2. The van der Waals surface area contributed by atoms with Gasteiger partial charge in [-0.05, 0) is 51.0 Å². The third-order valence-corrected chi connectivity index (χ3v) is 3.62. The summed E-state index contributed by atoms with van der Waals surface area (Å²) >= 11 is 0. The summed E-state index contributed by atoms with van der Waals surface area (Å²) in [6.07, 6.45) is 4.24. The van der Waals surface area contributed by atoms with E-state index in [1.54, 1.807) is 18.3 Å². The van der Waals surface area contributed by atoms with E-state index < -0.39 is 0 Å². The molecule has 1 aromatic rings. The minimum atomic E-state index is 0.0381. The van der Waals surface area contributed by atoms with E-state index in [0.717, 1.165) is 38.2 Å². The van der Waals surface area contributed by atoms with Crippen LogP contribution in [0.15, 0.2) is 18.3 Å². The van der Waals surface area contributed by atoms with E-state index in [1.807, 2.05) is 0 Å². The lowest BCUT2D eigenvalue weighted by Gasteiger charge is -2.28. The molecule has 1 aliphatic heterocycles. The van der Waals surface area contributed by atoms with Crippen LogP contribution in [0.3, 0.4) is 0 Å². The van der Waals surface area contributed by atoms with Gasteiger partial charge < -0.3 is 16.0 Å². The summed E-state index contributed by atoms with van der Waals surface area (Å²) in [6, 6.07) is 3.57. The van der Waals surface area contributed by atoms with E-state index >= 15 is 0 Å². The molecule has 0 radical (unpaired) electrons. The maximum atomic E-state index is 11.8. The average Bonchev–Trinajstić information content (AvgIpc) is 2.41. The zero-order chi connectivity index (χ0) is 13.7. The Balaban J connectivity index is 1.71. The SMILES string of the molecule is CN1CCC(CNC(=O)Cc2ccc(N)cn2)CC1. The monoisotopic (exact) mass is 262 g/mol. The van der Waals surface area contributed by atoms with Crippen LogP contribution >= 0.6 is 0 Å². The maximum absolute atomic E-state index is 11.8. The van der Waals surface area contributed by atoms with Crippen molar-refractivity contribution in [2.75, 3.05) is 32.4 Å². The highest BCUT2D eigenvalue weighted by Gasteiger charge is 2.17. The van der Waals surface area contributed by atoms with Gasteiger partial charge in [0.15, 0.2) is 0 Å². The largest absolute Gasteiger partial charge is 0.397 e. The zero-order valence-electron chi connectivity index (χ0n) is 11.4. The molecule has 0 saturated carbocycles. The van der Waals surface area contributed by atoms with E-state index in [1.165, 1.54) is 0 Å². The predicted octanol–water partition coefficient (Wildman–Crippen LogP) is 0.664. The van der Waals surface area contributed by atoms with Crippen molar-refractivity contribution in [2.24, 2.45) is 5.92 Å². The predicted molar refractivity (Wildman–Crippen MR) is 75.6 cm³/mol. The van der Waals surface area contributed by atoms with Gasteiger partial charge in [0.25, 0.3) is 0 Å². The molecular formula is C14H22N4O. The molecule has 3 N–H and O–H groups in total. The second-order valence-corrected chi connectivity index (χ2v) is 5.31. The maximum Gasteiger partial charge on any atom is 0.226 e. The summed E-state index contributed by atoms with van der Waals surface area (Å²) in [6.45, 7) is 3.03. The van der Waals surface area contributed by atoms with Crippen LogP contribution in [-0.4, -0.2) is 42.5 Å². The Bertz CT molecular complexity index is 410. The number of rotatable bonds is 4. The summed E-state index contributed by atoms with van der Waals surface area (Å²) in [5.74, 6) is 0.649. The van der Waals surface area contributed by atoms with Crippen molar-refractivity contribution >= 4 is 11.6 Å². The molecule has 0 atom stereocenters. The Morgan fingerprint density at radius 1 is 1.47 bits per heavy atom. The number of nitrogens with two attached hydrogens (primary N) is 1. The van der Waals surface area contributed by atoms with Gasteiger partial charge >= 0.3 is 0 Å². The molecular weight excluding hydrogens is 240 g/mol. The number of likely N-dealkylation sites (tertiary alicyclic amines) is 1. The van der Waals surface area contributed by atoms with Gasteiger partial charge in [0, 0.05) is 12.2 Å². The van der Waals surface area contributed by atoms with Crippen LogP contribution in [0.2, 0.25) is 0 Å². The second-order valence-electron chi connectivity index (χ2n) is 5.31. The lowest BCUT2D eigenvalue weighted by atomic mass is 9.97. The van der Waals surface area contributed by atoms with Crippen LogP contribution in [0.1, 0.15) is 18.5 Å². The second kappa shape index (κ2) is 6.52. The summed E-state index contributed by atoms with van der Waals surface area (Å²) in [5, 5.41) is 3.00. The quantitative estimate of drug-likeness (QED) is 0.836. The number of anilines is 1. The van der Waals surface area contributed by atoms with Gasteiger partial charge in [0.2, 0.25) is 5.91 Å². The third-order valence-electron chi connectivity index (χ3n) is 3.62. The molecule has 19 heavy (non-hydrogen) atoms. The first kappa shape index (κ1) is 13.8. The van der Waals surface area contributed by atoms with Gasteiger partial charge in [-0.1, -0.05) is 0 Å². The minimum Gasteiger partial charge on any atom is -0.397 e. The number of pyridine rings is 1.